The number of carboxylic acid groups (broad SMARTS) is 1. The number of aromatic nitrogens is 1. The van der Waals surface area contributed by atoms with Crippen molar-refractivity contribution < 1.29 is 19.1 Å². The van der Waals surface area contributed by atoms with Gasteiger partial charge in [0.05, 0.1) is 29.2 Å². The van der Waals surface area contributed by atoms with Gasteiger partial charge >= 0.3 is 5.97 Å². The molecule has 0 radical (unpaired) electrons. The van der Waals surface area contributed by atoms with Gasteiger partial charge in [-0.05, 0) is 25.3 Å². The van der Waals surface area contributed by atoms with Crippen molar-refractivity contribution in [3.63, 3.8) is 0 Å². The number of anilines is 1. The molecule has 3 heterocycles. The minimum atomic E-state index is -1.33. The van der Waals surface area contributed by atoms with Crippen LogP contribution in [0.25, 0.3) is 17.0 Å². The average molecular weight is 383 g/mol. The molecule has 144 valence electrons. The van der Waals surface area contributed by atoms with Gasteiger partial charge in [-0.3, -0.25) is 9.59 Å². The Kier molecular flexibility index (Phi) is 3.67. The van der Waals surface area contributed by atoms with Crippen LogP contribution < -0.4 is 15.6 Å². The highest BCUT2D eigenvalue weighted by Crippen LogP contribution is 2.42. The lowest BCUT2D eigenvalue weighted by Crippen LogP contribution is -2.55. The van der Waals surface area contributed by atoms with Gasteiger partial charge in [0.25, 0.3) is 0 Å². The molecule has 0 unspecified atom stereocenters. The van der Waals surface area contributed by atoms with Crippen LogP contribution >= 0.6 is 0 Å². The van der Waals surface area contributed by atoms with Gasteiger partial charge in [-0.2, -0.15) is 0 Å². The van der Waals surface area contributed by atoms with E-state index in [0.29, 0.717) is 24.0 Å². The molecule has 1 saturated heterocycles. The van der Waals surface area contributed by atoms with E-state index in [9.17, 15) is 19.5 Å². The Bertz CT molecular complexity index is 1130. The van der Waals surface area contributed by atoms with Crippen LogP contribution in [0.1, 0.15) is 41.2 Å². The molecule has 2 fully saturated rings. The third-order valence-electron chi connectivity index (χ3n) is 5.67. The fourth-order valence-corrected chi connectivity index (χ4v) is 4.27. The maximum absolute atomic E-state index is 15.2. The molecule has 1 atom stereocenters. The van der Waals surface area contributed by atoms with Crippen LogP contribution in [0.5, 0.6) is 0 Å². The van der Waals surface area contributed by atoms with Gasteiger partial charge in [0, 0.05) is 24.3 Å². The molecule has 7 nitrogen and oxygen atoms in total. The van der Waals surface area contributed by atoms with Crippen LogP contribution in [0.15, 0.2) is 23.1 Å². The number of hydrogen-bond acceptors (Lipinski definition) is 4. The van der Waals surface area contributed by atoms with E-state index in [-0.39, 0.29) is 41.2 Å². The third kappa shape index (κ3) is 2.41. The highest BCUT2D eigenvalue weighted by Gasteiger charge is 2.36. The quantitative estimate of drug-likeness (QED) is 0.827. The number of pyridine rings is 1. The number of aromatic carboxylic acids is 1. The molecular formula is C20H18FN3O4. The van der Waals surface area contributed by atoms with E-state index in [1.807, 2.05) is 6.08 Å². The van der Waals surface area contributed by atoms with Crippen molar-refractivity contribution in [2.45, 2.75) is 31.3 Å². The highest BCUT2D eigenvalue weighted by atomic mass is 19.1. The standard InChI is InChI=1S/C20H18FN3O4/c21-15-6-13-17(23(10-4-5-10)9-14(19(13)26)20(27)28)12-3-1-2-11-7-22-8-16(25)24(11)18(12)15/h1,3,6,9-11,22H,2,4-5,7-8H2,(H,27,28)/t11-/m1/s1. The van der Waals surface area contributed by atoms with Crippen LogP contribution in [0.3, 0.4) is 0 Å². The molecule has 2 aromatic rings. The first-order valence-corrected chi connectivity index (χ1v) is 9.31. The molecule has 1 aliphatic carbocycles. The zero-order valence-corrected chi connectivity index (χ0v) is 14.9. The van der Waals surface area contributed by atoms with Gasteiger partial charge in [-0.1, -0.05) is 12.2 Å². The number of halogens is 1. The average Bonchev–Trinajstić information content (AvgIpc) is 3.48. The second-order valence-electron chi connectivity index (χ2n) is 7.52. The number of benzene rings is 1. The Morgan fingerprint density at radius 3 is 2.75 bits per heavy atom. The summed E-state index contributed by atoms with van der Waals surface area (Å²) in [6.45, 7) is 0.682. The van der Waals surface area contributed by atoms with Crippen molar-refractivity contribution in [3.8, 4) is 0 Å². The summed E-state index contributed by atoms with van der Waals surface area (Å²) in [5.41, 5.74) is 0.0647. The first-order chi connectivity index (χ1) is 13.5. The van der Waals surface area contributed by atoms with Gasteiger partial charge in [0.15, 0.2) is 0 Å². The number of fused-ring (bicyclic) bond motifs is 5. The maximum Gasteiger partial charge on any atom is 0.341 e. The summed E-state index contributed by atoms with van der Waals surface area (Å²) in [6.07, 6.45) is 7.29. The molecule has 1 aromatic carbocycles. The molecule has 0 spiro atoms. The lowest BCUT2D eigenvalue weighted by Gasteiger charge is -2.36. The summed E-state index contributed by atoms with van der Waals surface area (Å²) in [4.78, 5) is 38.4. The van der Waals surface area contributed by atoms with Gasteiger partial charge in [0.2, 0.25) is 11.3 Å². The van der Waals surface area contributed by atoms with E-state index in [4.69, 9.17) is 0 Å². The number of carbonyl (C=O) groups is 2. The monoisotopic (exact) mass is 383 g/mol. The summed E-state index contributed by atoms with van der Waals surface area (Å²) in [5, 5.41) is 12.5. The zero-order chi connectivity index (χ0) is 19.6. The molecule has 1 aromatic heterocycles. The number of carboxylic acids is 1. The minimum Gasteiger partial charge on any atom is -0.477 e. The summed E-state index contributed by atoms with van der Waals surface area (Å²) in [7, 11) is 0. The smallest absolute Gasteiger partial charge is 0.341 e. The van der Waals surface area contributed by atoms with Gasteiger partial charge in [-0.15, -0.1) is 0 Å². The Balaban J connectivity index is 1.89. The fraction of sp³-hybridized carbons (Fsp3) is 0.350. The molecule has 1 saturated carbocycles. The van der Waals surface area contributed by atoms with E-state index in [0.717, 1.165) is 18.9 Å². The van der Waals surface area contributed by atoms with Crippen LogP contribution in [0.4, 0.5) is 10.1 Å². The summed E-state index contributed by atoms with van der Waals surface area (Å²) in [6, 6.07) is 0.958. The number of rotatable bonds is 2. The first kappa shape index (κ1) is 17.1. The lowest BCUT2D eigenvalue weighted by atomic mass is 10.0. The molecule has 8 heteroatoms. The Hall–Kier alpha value is -3.00. The molecule has 0 bridgehead atoms. The highest BCUT2D eigenvalue weighted by molar-refractivity contribution is 6.04. The van der Waals surface area contributed by atoms with Crippen molar-refractivity contribution in [2.75, 3.05) is 18.0 Å². The Labute approximate surface area is 159 Å². The fourth-order valence-electron chi connectivity index (χ4n) is 4.27. The van der Waals surface area contributed by atoms with Crippen molar-refractivity contribution in [1.82, 2.24) is 9.88 Å². The van der Waals surface area contributed by atoms with Crippen molar-refractivity contribution >= 4 is 34.5 Å². The number of amides is 1. The molecule has 3 aliphatic rings. The predicted molar refractivity (Wildman–Crippen MR) is 101 cm³/mol. The van der Waals surface area contributed by atoms with E-state index < -0.39 is 17.2 Å². The number of nitrogens with one attached hydrogen (secondary N) is 1. The van der Waals surface area contributed by atoms with E-state index in [1.54, 1.807) is 10.6 Å². The topological polar surface area (TPSA) is 91.6 Å². The summed E-state index contributed by atoms with van der Waals surface area (Å²) >= 11 is 0. The zero-order valence-electron chi connectivity index (χ0n) is 14.9. The molecule has 2 N–H and O–H groups in total. The minimum absolute atomic E-state index is 0.0359. The predicted octanol–water partition coefficient (Wildman–Crippen LogP) is 1.90. The molecular weight excluding hydrogens is 365 g/mol. The summed E-state index contributed by atoms with van der Waals surface area (Å²) < 4.78 is 17.0. The van der Waals surface area contributed by atoms with E-state index in [1.165, 1.54) is 11.1 Å². The van der Waals surface area contributed by atoms with Gasteiger partial charge < -0.3 is 19.9 Å². The van der Waals surface area contributed by atoms with Gasteiger partial charge in [0.1, 0.15) is 11.4 Å². The number of hydrogen-bond donors (Lipinski definition) is 2. The maximum atomic E-state index is 15.2. The molecule has 28 heavy (non-hydrogen) atoms. The molecule has 1 amide bonds. The van der Waals surface area contributed by atoms with E-state index >= 15 is 4.39 Å². The second-order valence-corrected chi connectivity index (χ2v) is 7.52. The van der Waals surface area contributed by atoms with Crippen LogP contribution in [0.2, 0.25) is 0 Å². The second kappa shape index (κ2) is 6.00. The molecule has 2 aliphatic heterocycles. The van der Waals surface area contributed by atoms with Crippen LogP contribution in [-0.2, 0) is 4.79 Å². The summed E-state index contributed by atoms with van der Waals surface area (Å²) in [5.74, 6) is -2.23. The van der Waals surface area contributed by atoms with Crippen molar-refractivity contribution in [1.29, 1.82) is 0 Å². The van der Waals surface area contributed by atoms with Gasteiger partial charge in [-0.25, -0.2) is 9.18 Å². The van der Waals surface area contributed by atoms with Crippen molar-refractivity contribution in [3.05, 3.63) is 45.5 Å². The Morgan fingerprint density at radius 2 is 2.04 bits per heavy atom. The van der Waals surface area contributed by atoms with E-state index in [2.05, 4.69) is 5.32 Å². The van der Waals surface area contributed by atoms with Crippen LogP contribution in [-0.4, -0.2) is 40.7 Å². The first-order valence-electron chi connectivity index (χ1n) is 9.31. The normalized spacial score (nSPS) is 21.4. The largest absolute Gasteiger partial charge is 0.477 e. The van der Waals surface area contributed by atoms with Crippen molar-refractivity contribution in [2.24, 2.45) is 0 Å². The molecule has 5 rings (SSSR count). The third-order valence-corrected chi connectivity index (χ3v) is 5.67. The Morgan fingerprint density at radius 1 is 1.25 bits per heavy atom. The number of carbonyl (C=O) groups excluding carboxylic acids is 1. The number of piperazine rings is 1. The lowest BCUT2D eigenvalue weighted by molar-refractivity contribution is -0.119. The number of nitrogens with zero attached hydrogens (tertiary/aromatic N) is 2. The van der Waals surface area contributed by atoms with Crippen LogP contribution in [0, 0.1) is 5.82 Å². The SMILES string of the molecule is O=C(O)c1cn(C2CC2)c2c3c(c(F)cc2c1=O)N1C(=O)CNC[C@H]1CC=C3.